The molecule has 0 saturated heterocycles. The summed E-state index contributed by atoms with van der Waals surface area (Å²) in [6.07, 6.45) is 0.279. The lowest BCUT2D eigenvalue weighted by molar-refractivity contribution is -0.132. The minimum Gasteiger partial charge on any atom is -0.486 e. The summed E-state index contributed by atoms with van der Waals surface area (Å²) in [5.41, 5.74) is 1.95. The van der Waals surface area contributed by atoms with Crippen LogP contribution in [0.25, 0.3) is 0 Å². The zero-order valence-corrected chi connectivity index (χ0v) is 15.3. The van der Waals surface area contributed by atoms with Crippen molar-refractivity contribution in [2.24, 2.45) is 0 Å². The highest BCUT2D eigenvalue weighted by atomic mass is 35.5. The van der Waals surface area contributed by atoms with Crippen molar-refractivity contribution in [1.29, 1.82) is 0 Å². The average Bonchev–Trinajstić information content (AvgIpc) is 2.60. The summed E-state index contributed by atoms with van der Waals surface area (Å²) in [7, 11) is 0. The van der Waals surface area contributed by atoms with E-state index < -0.39 is 0 Å². The Hall–Kier alpha value is -2.20. The second kappa shape index (κ2) is 7.79. The quantitative estimate of drug-likeness (QED) is 0.807. The first-order valence-electron chi connectivity index (χ1n) is 8.46. The third-order valence-electron chi connectivity index (χ3n) is 4.15. The molecule has 2 aromatic carbocycles. The van der Waals surface area contributed by atoms with Crippen LogP contribution in [0.4, 0.5) is 0 Å². The predicted octanol–water partition coefficient (Wildman–Crippen LogP) is 4.09. The van der Waals surface area contributed by atoms with Gasteiger partial charge in [0.15, 0.2) is 11.5 Å². The van der Waals surface area contributed by atoms with E-state index >= 15 is 0 Å². The van der Waals surface area contributed by atoms with E-state index in [0.717, 1.165) is 11.1 Å². The zero-order chi connectivity index (χ0) is 17.8. The van der Waals surface area contributed by atoms with E-state index in [-0.39, 0.29) is 18.4 Å². The molecule has 1 amide bonds. The highest BCUT2D eigenvalue weighted by Crippen LogP contribution is 2.38. The zero-order valence-electron chi connectivity index (χ0n) is 14.5. The standard InChI is InChI=1S/C20H22ClNO3/c1-14(2)22(13-15-6-4-3-5-7-15)19(23)12-16-10-17(21)20-18(11-16)24-8-9-25-20/h3-7,10-11,14H,8-9,12-13H2,1-2H3. The molecule has 2 aromatic rings. The van der Waals surface area contributed by atoms with Crippen LogP contribution in [0.5, 0.6) is 11.5 Å². The van der Waals surface area contributed by atoms with Gasteiger partial charge in [-0.15, -0.1) is 0 Å². The molecule has 5 heteroatoms. The van der Waals surface area contributed by atoms with E-state index in [1.165, 1.54) is 0 Å². The normalized spacial score (nSPS) is 13.0. The Morgan fingerprint density at radius 1 is 1.12 bits per heavy atom. The lowest BCUT2D eigenvalue weighted by Crippen LogP contribution is -2.37. The van der Waals surface area contributed by atoms with Gasteiger partial charge < -0.3 is 14.4 Å². The number of amides is 1. The second-order valence-corrected chi connectivity index (χ2v) is 6.79. The van der Waals surface area contributed by atoms with Crippen LogP contribution in [0.1, 0.15) is 25.0 Å². The Morgan fingerprint density at radius 3 is 2.56 bits per heavy atom. The molecule has 0 N–H and O–H groups in total. The lowest BCUT2D eigenvalue weighted by Gasteiger charge is -2.27. The van der Waals surface area contributed by atoms with Crippen molar-refractivity contribution in [2.75, 3.05) is 13.2 Å². The Bertz CT molecular complexity index is 746. The molecule has 1 heterocycles. The Balaban J connectivity index is 1.76. The third-order valence-corrected chi connectivity index (χ3v) is 4.43. The van der Waals surface area contributed by atoms with Crippen LogP contribution >= 0.6 is 11.6 Å². The second-order valence-electron chi connectivity index (χ2n) is 6.38. The first-order chi connectivity index (χ1) is 12.0. The highest BCUT2D eigenvalue weighted by Gasteiger charge is 2.21. The fourth-order valence-corrected chi connectivity index (χ4v) is 3.17. The van der Waals surface area contributed by atoms with Crippen LogP contribution < -0.4 is 9.47 Å². The summed E-state index contributed by atoms with van der Waals surface area (Å²) in [5, 5.41) is 0.485. The molecule has 132 valence electrons. The van der Waals surface area contributed by atoms with Crippen molar-refractivity contribution in [2.45, 2.75) is 32.9 Å². The monoisotopic (exact) mass is 359 g/mol. The van der Waals surface area contributed by atoms with Gasteiger partial charge in [-0.2, -0.15) is 0 Å². The molecule has 0 radical (unpaired) electrons. The first kappa shape index (κ1) is 17.6. The smallest absolute Gasteiger partial charge is 0.227 e. The van der Waals surface area contributed by atoms with Gasteiger partial charge in [-0.05, 0) is 37.1 Å². The van der Waals surface area contributed by atoms with Crippen molar-refractivity contribution in [3.63, 3.8) is 0 Å². The van der Waals surface area contributed by atoms with Gasteiger partial charge in [-0.3, -0.25) is 4.79 Å². The summed E-state index contributed by atoms with van der Waals surface area (Å²) in [5.74, 6) is 1.24. The lowest BCUT2D eigenvalue weighted by atomic mass is 10.1. The SMILES string of the molecule is CC(C)N(Cc1ccccc1)C(=O)Cc1cc(Cl)c2c(c1)OCCO2. The fraction of sp³-hybridized carbons (Fsp3) is 0.350. The number of hydrogen-bond donors (Lipinski definition) is 0. The molecule has 3 rings (SSSR count). The summed E-state index contributed by atoms with van der Waals surface area (Å²) >= 11 is 6.27. The van der Waals surface area contributed by atoms with Crippen LogP contribution in [0.15, 0.2) is 42.5 Å². The predicted molar refractivity (Wildman–Crippen MR) is 98.3 cm³/mol. The summed E-state index contributed by atoms with van der Waals surface area (Å²) in [6.45, 7) is 5.63. The van der Waals surface area contributed by atoms with Crippen molar-refractivity contribution >= 4 is 17.5 Å². The average molecular weight is 360 g/mol. The third kappa shape index (κ3) is 4.26. The molecule has 0 spiro atoms. The van der Waals surface area contributed by atoms with E-state index in [9.17, 15) is 4.79 Å². The van der Waals surface area contributed by atoms with Crippen LogP contribution in [0.2, 0.25) is 5.02 Å². The van der Waals surface area contributed by atoms with Gasteiger partial charge in [-0.1, -0.05) is 41.9 Å². The Labute approximate surface area is 153 Å². The topological polar surface area (TPSA) is 38.8 Å². The maximum Gasteiger partial charge on any atom is 0.227 e. The van der Waals surface area contributed by atoms with Gasteiger partial charge in [-0.25, -0.2) is 0 Å². The number of halogens is 1. The van der Waals surface area contributed by atoms with Crippen LogP contribution in [-0.4, -0.2) is 30.1 Å². The molecule has 0 saturated carbocycles. The number of benzene rings is 2. The van der Waals surface area contributed by atoms with Gasteiger partial charge in [0, 0.05) is 12.6 Å². The van der Waals surface area contributed by atoms with Crippen LogP contribution in [0.3, 0.4) is 0 Å². The Kier molecular flexibility index (Phi) is 5.49. The molecule has 0 aliphatic carbocycles. The molecule has 1 aliphatic heterocycles. The minimum absolute atomic E-state index is 0.0617. The molecule has 0 fully saturated rings. The van der Waals surface area contributed by atoms with E-state index in [1.807, 2.05) is 55.1 Å². The molecule has 4 nitrogen and oxygen atoms in total. The van der Waals surface area contributed by atoms with E-state index in [2.05, 4.69) is 0 Å². The van der Waals surface area contributed by atoms with Crippen molar-refractivity contribution < 1.29 is 14.3 Å². The number of carbonyl (C=O) groups is 1. The maximum atomic E-state index is 12.8. The van der Waals surface area contributed by atoms with Crippen molar-refractivity contribution in [3.05, 3.63) is 58.6 Å². The molecular weight excluding hydrogens is 338 g/mol. The van der Waals surface area contributed by atoms with Crippen molar-refractivity contribution in [3.8, 4) is 11.5 Å². The van der Waals surface area contributed by atoms with Crippen LogP contribution in [0, 0.1) is 0 Å². The first-order valence-corrected chi connectivity index (χ1v) is 8.84. The van der Waals surface area contributed by atoms with E-state index in [1.54, 1.807) is 6.07 Å². The van der Waals surface area contributed by atoms with Gasteiger partial charge in [0.2, 0.25) is 5.91 Å². The number of ether oxygens (including phenoxy) is 2. The number of fused-ring (bicyclic) bond motifs is 1. The number of carbonyl (C=O) groups excluding carboxylic acids is 1. The molecule has 1 aliphatic rings. The summed E-state index contributed by atoms with van der Waals surface area (Å²) < 4.78 is 11.1. The fourth-order valence-electron chi connectivity index (χ4n) is 2.88. The van der Waals surface area contributed by atoms with Gasteiger partial charge >= 0.3 is 0 Å². The van der Waals surface area contributed by atoms with E-state index in [0.29, 0.717) is 36.3 Å². The van der Waals surface area contributed by atoms with E-state index in [4.69, 9.17) is 21.1 Å². The van der Waals surface area contributed by atoms with Gasteiger partial charge in [0.05, 0.1) is 11.4 Å². The largest absolute Gasteiger partial charge is 0.486 e. The molecule has 0 aromatic heterocycles. The highest BCUT2D eigenvalue weighted by molar-refractivity contribution is 6.32. The van der Waals surface area contributed by atoms with Gasteiger partial charge in [0.1, 0.15) is 13.2 Å². The number of nitrogens with zero attached hydrogens (tertiary/aromatic N) is 1. The Morgan fingerprint density at radius 2 is 1.84 bits per heavy atom. The maximum absolute atomic E-state index is 12.8. The summed E-state index contributed by atoms with van der Waals surface area (Å²) in [4.78, 5) is 14.7. The molecule has 0 unspecified atom stereocenters. The molecule has 0 bridgehead atoms. The van der Waals surface area contributed by atoms with Gasteiger partial charge in [0.25, 0.3) is 0 Å². The number of rotatable bonds is 5. The van der Waals surface area contributed by atoms with Crippen LogP contribution in [-0.2, 0) is 17.8 Å². The summed E-state index contributed by atoms with van der Waals surface area (Å²) in [6, 6.07) is 13.8. The number of hydrogen-bond acceptors (Lipinski definition) is 3. The molecular formula is C20H22ClNO3. The minimum atomic E-state index is 0.0617. The molecule has 25 heavy (non-hydrogen) atoms. The van der Waals surface area contributed by atoms with Crippen molar-refractivity contribution in [1.82, 2.24) is 4.90 Å². The molecule has 0 atom stereocenters.